The SMILES string of the molecule is CC1CCN([C@H](CNS(=O)(=O)c2ccccc2)c2ccccc2)CC1. The van der Waals surface area contributed by atoms with Gasteiger partial charge in [0.25, 0.3) is 0 Å². The quantitative estimate of drug-likeness (QED) is 0.860. The smallest absolute Gasteiger partial charge is 0.240 e. The highest BCUT2D eigenvalue weighted by molar-refractivity contribution is 7.89. The van der Waals surface area contributed by atoms with Gasteiger partial charge in [-0.1, -0.05) is 55.5 Å². The van der Waals surface area contributed by atoms with E-state index in [2.05, 4.69) is 28.7 Å². The highest BCUT2D eigenvalue weighted by Gasteiger charge is 2.26. The van der Waals surface area contributed by atoms with Crippen LogP contribution in [0.1, 0.15) is 31.4 Å². The summed E-state index contributed by atoms with van der Waals surface area (Å²) < 4.78 is 28.0. The zero-order chi connectivity index (χ0) is 17.7. The molecule has 25 heavy (non-hydrogen) atoms. The molecule has 1 N–H and O–H groups in total. The molecular weight excluding hydrogens is 332 g/mol. The summed E-state index contributed by atoms with van der Waals surface area (Å²) in [7, 11) is -3.49. The molecule has 1 atom stereocenters. The molecule has 0 aromatic heterocycles. The lowest BCUT2D eigenvalue weighted by atomic mass is 9.96. The van der Waals surface area contributed by atoms with Gasteiger partial charge in [0.05, 0.1) is 4.90 Å². The molecule has 2 aromatic rings. The molecule has 0 bridgehead atoms. The van der Waals surface area contributed by atoms with Crippen LogP contribution in [0.4, 0.5) is 0 Å². The third-order valence-electron chi connectivity index (χ3n) is 4.96. The number of piperidine rings is 1. The Morgan fingerprint density at radius 3 is 2.16 bits per heavy atom. The molecule has 1 aliphatic rings. The Morgan fingerprint density at radius 2 is 1.56 bits per heavy atom. The van der Waals surface area contributed by atoms with Crippen molar-refractivity contribution in [3.63, 3.8) is 0 Å². The van der Waals surface area contributed by atoms with Gasteiger partial charge in [-0.2, -0.15) is 0 Å². The van der Waals surface area contributed by atoms with Crippen LogP contribution >= 0.6 is 0 Å². The summed E-state index contributed by atoms with van der Waals surface area (Å²) in [6.07, 6.45) is 2.32. The maximum absolute atomic E-state index is 12.6. The summed E-state index contributed by atoms with van der Waals surface area (Å²) in [5.41, 5.74) is 1.16. The maximum Gasteiger partial charge on any atom is 0.240 e. The summed E-state index contributed by atoms with van der Waals surface area (Å²) >= 11 is 0. The third-order valence-corrected chi connectivity index (χ3v) is 6.40. The van der Waals surface area contributed by atoms with Crippen molar-refractivity contribution in [3.05, 3.63) is 66.2 Å². The minimum Gasteiger partial charge on any atom is -0.295 e. The summed E-state index contributed by atoms with van der Waals surface area (Å²) in [6, 6.07) is 18.8. The van der Waals surface area contributed by atoms with Gasteiger partial charge < -0.3 is 0 Å². The first-order valence-electron chi connectivity index (χ1n) is 8.90. The number of hydrogen-bond acceptors (Lipinski definition) is 3. The molecule has 5 heteroatoms. The van der Waals surface area contributed by atoms with Gasteiger partial charge in [-0.05, 0) is 49.5 Å². The van der Waals surface area contributed by atoms with Crippen LogP contribution in [-0.4, -0.2) is 33.0 Å². The normalized spacial score (nSPS) is 18.1. The van der Waals surface area contributed by atoms with Crippen LogP contribution < -0.4 is 4.72 Å². The highest BCUT2D eigenvalue weighted by Crippen LogP contribution is 2.26. The summed E-state index contributed by atoms with van der Waals surface area (Å²) in [5.74, 6) is 0.744. The molecular formula is C20H26N2O2S. The molecule has 0 spiro atoms. The lowest BCUT2D eigenvalue weighted by Gasteiger charge is -2.37. The van der Waals surface area contributed by atoms with Crippen LogP contribution in [0, 0.1) is 5.92 Å². The Hall–Kier alpha value is -1.69. The Labute approximate surface area is 150 Å². The minimum atomic E-state index is -3.49. The maximum atomic E-state index is 12.6. The standard InChI is InChI=1S/C20H26N2O2S/c1-17-12-14-22(15-13-17)20(18-8-4-2-5-9-18)16-21-25(23,24)19-10-6-3-7-11-19/h2-11,17,20-21H,12-16H2,1H3/t20-/m1/s1. The average Bonchev–Trinajstić information content (AvgIpc) is 2.65. The molecule has 1 heterocycles. The van der Waals surface area contributed by atoms with Gasteiger partial charge >= 0.3 is 0 Å². The monoisotopic (exact) mass is 358 g/mol. The largest absolute Gasteiger partial charge is 0.295 e. The molecule has 134 valence electrons. The molecule has 1 saturated heterocycles. The van der Waals surface area contributed by atoms with Crippen molar-refractivity contribution in [2.75, 3.05) is 19.6 Å². The van der Waals surface area contributed by atoms with Crippen LogP contribution in [0.5, 0.6) is 0 Å². The van der Waals surface area contributed by atoms with Crippen LogP contribution in [0.3, 0.4) is 0 Å². The molecule has 1 aliphatic heterocycles. The van der Waals surface area contributed by atoms with Crippen molar-refractivity contribution in [3.8, 4) is 0 Å². The lowest BCUT2D eigenvalue weighted by molar-refractivity contribution is 0.139. The van der Waals surface area contributed by atoms with E-state index >= 15 is 0 Å². The predicted molar refractivity (Wildman–Crippen MR) is 101 cm³/mol. The number of benzene rings is 2. The van der Waals surface area contributed by atoms with Crippen LogP contribution in [0.25, 0.3) is 0 Å². The number of nitrogens with zero attached hydrogens (tertiary/aromatic N) is 1. The molecule has 0 radical (unpaired) electrons. The second-order valence-corrected chi connectivity index (χ2v) is 8.58. The second-order valence-electron chi connectivity index (χ2n) is 6.81. The molecule has 1 fully saturated rings. The predicted octanol–water partition coefficient (Wildman–Crippen LogP) is 3.44. The van der Waals surface area contributed by atoms with Gasteiger partial charge in [-0.15, -0.1) is 0 Å². The molecule has 2 aromatic carbocycles. The summed E-state index contributed by atoms with van der Waals surface area (Å²) in [5, 5.41) is 0. The fourth-order valence-electron chi connectivity index (χ4n) is 3.34. The topological polar surface area (TPSA) is 49.4 Å². The van der Waals surface area contributed by atoms with Gasteiger partial charge in [0.1, 0.15) is 0 Å². The fraction of sp³-hybridized carbons (Fsp3) is 0.400. The Kier molecular flexibility index (Phi) is 5.89. The van der Waals surface area contributed by atoms with E-state index in [1.165, 1.54) is 0 Å². The van der Waals surface area contributed by atoms with E-state index in [-0.39, 0.29) is 6.04 Å². The van der Waals surface area contributed by atoms with Crippen molar-refractivity contribution >= 4 is 10.0 Å². The van der Waals surface area contributed by atoms with Gasteiger partial charge in [0.2, 0.25) is 10.0 Å². The van der Waals surface area contributed by atoms with Crippen molar-refractivity contribution < 1.29 is 8.42 Å². The molecule has 0 amide bonds. The summed E-state index contributed by atoms with van der Waals surface area (Å²) in [4.78, 5) is 2.72. The van der Waals surface area contributed by atoms with Crippen molar-refractivity contribution in [1.82, 2.24) is 9.62 Å². The summed E-state index contributed by atoms with van der Waals surface area (Å²) in [6.45, 7) is 4.68. The molecule has 0 unspecified atom stereocenters. The van der Waals surface area contributed by atoms with E-state index in [4.69, 9.17) is 0 Å². The van der Waals surface area contributed by atoms with E-state index < -0.39 is 10.0 Å². The number of nitrogens with one attached hydrogen (secondary N) is 1. The minimum absolute atomic E-state index is 0.0622. The first-order chi connectivity index (χ1) is 12.1. The number of hydrogen-bond donors (Lipinski definition) is 1. The van der Waals surface area contributed by atoms with Crippen LogP contribution in [-0.2, 0) is 10.0 Å². The van der Waals surface area contributed by atoms with Crippen LogP contribution in [0.15, 0.2) is 65.6 Å². The van der Waals surface area contributed by atoms with E-state index in [1.54, 1.807) is 24.3 Å². The Morgan fingerprint density at radius 1 is 1.00 bits per heavy atom. The average molecular weight is 359 g/mol. The highest BCUT2D eigenvalue weighted by atomic mass is 32.2. The molecule has 3 rings (SSSR count). The molecule has 0 saturated carbocycles. The number of rotatable bonds is 6. The van der Waals surface area contributed by atoms with E-state index in [0.717, 1.165) is 37.4 Å². The van der Waals surface area contributed by atoms with E-state index in [1.807, 2.05) is 24.3 Å². The third kappa shape index (κ3) is 4.69. The van der Waals surface area contributed by atoms with E-state index in [9.17, 15) is 8.42 Å². The van der Waals surface area contributed by atoms with Gasteiger partial charge in [0.15, 0.2) is 0 Å². The van der Waals surface area contributed by atoms with Gasteiger partial charge in [-0.25, -0.2) is 13.1 Å². The van der Waals surface area contributed by atoms with Crippen molar-refractivity contribution in [2.45, 2.75) is 30.7 Å². The first-order valence-corrected chi connectivity index (χ1v) is 10.4. The van der Waals surface area contributed by atoms with Crippen molar-refractivity contribution in [2.24, 2.45) is 5.92 Å². The zero-order valence-electron chi connectivity index (χ0n) is 14.6. The van der Waals surface area contributed by atoms with Gasteiger partial charge in [-0.3, -0.25) is 4.90 Å². The van der Waals surface area contributed by atoms with E-state index in [0.29, 0.717) is 11.4 Å². The Bertz CT molecular complexity index is 755. The second kappa shape index (κ2) is 8.13. The van der Waals surface area contributed by atoms with Crippen molar-refractivity contribution in [1.29, 1.82) is 0 Å². The Balaban J connectivity index is 1.76. The zero-order valence-corrected chi connectivity index (χ0v) is 15.5. The molecule has 4 nitrogen and oxygen atoms in total. The number of sulfonamides is 1. The number of likely N-dealkylation sites (tertiary alicyclic amines) is 1. The lowest BCUT2D eigenvalue weighted by Crippen LogP contribution is -2.41. The molecule has 0 aliphatic carbocycles. The first kappa shape index (κ1) is 18.1. The van der Waals surface area contributed by atoms with Gasteiger partial charge in [0, 0.05) is 12.6 Å². The van der Waals surface area contributed by atoms with Crippen LogP contribution in [0.2, 0.25) is 0 Å². The fourth-order valence-corrected chi connectivity index (χ4v) is 4.40.